The Hall–Kier alpha value is -4.24. The van der Waals surface area contributed by atoms with Crippen molar-refractivity contribution in [3.05, 3.63) is 72.1 Å². The van der Waals surface area contributed by atoms with E-state index < -0.39 is 0 Å². The fourth-order valence-corrected chi connectivity index (χ4v) is 4.21. The van der Waals surface area contributed by atoms with Crippen LogP contribution in [-0.2, 0) is 4.74 Å². The van der Waals surface area contributed by atoms with Gasteiger partial charge in [-0.1, -0.05) is 38.1 Å². The van der Waals surface area contributed by atoms with Gasteiger partial charge in [0.15, 0.2) is 11.5 Å². The van der Waals surface area contributed by atoms with Crippen molar-refractivity contribution in [1.29, 1.82) is 0 Å². The van der Waals surface area contributed by atoms with Crippen LogP contribution in [-0.4, -0.2) is 59.0 Å². The Morgan fingerprint density at radius 3 is 2.31 bits per heavy atom. The number of nitrogens with zero attached hydrogens (tertiary/aromatic N) is 3. The first-order chi connectivity index (χ1) is 18.9. The summed E-state index contributed by atoms with van der Waals surface area (Å²) in [7, 11) is 1.60. The van der Waals surface area contributed by atoms with Crippen LogP contribution in [0, 0.1) is 5.92 Å². The number of rotatable bonds is 11. The third kappa shape index (κ3) is 6.26. The van der Waals surface area contributed by atoms with Crippen molar-refractivity contribution in [1.82, 2.24) is 25.0 Å². The maximum absolute atomic E-state index is 12.4. The van der Waals surface area contributed by atoms with Gasteiger partial charge in [0.25, 0.3) is 11.8 Å². The monoisotopic (exact) mass is 526 g/mol. The van der Waals surface area contributed by atoms with Crippen molar-refractivity contribution < 1.29 is 14.3 Å². The summed E-state index contributed by atoms with van der Waals surface area (Å²) in [5.41, 5.74) is 5.41. The topological polar surface area (TPSA) is 110 Å². The fourth-order valence-electron chi connectivity index (χ4n) is 4.21. The second kappa shape index (κ2) is 11.7. The van der Waals surface area contributed by atoms with Gasteiger partial charge >= 0.3 is 0 Å². The molecule has 0 saturated heterocycles. The van der Waals surface area contributed by atoms with E-state index in [2.05, 4.69) is 34.8 Å². The van der Waals surface area contributed by atoms with Gasteiger partial charge in [-0.3, -0.25) is 14.0 Å². The highest BCUT2D eigenvalue weighted by Gasteiger charge is 2.24. The molecule has 5 rings (SSSR count). The van der Waals surface area contributed by atoms with E-state index >= 15 is 0 Å². The number of aromatic nitrogens is 3. The first kappa shape index (κ1) is 26.4. The second-order valence-corrected chi connectivity index (χ2v) is 10.2. The third-order valence-electron chi connectivity index (χ3n) is 6.56. The molecule has 4 aromatic rings. The van der Waals surface area contributed by atoms with Crippen LogP contribution in [0.15, 0.2) is 60.9 Å². The van der Waals surface area contributed by atoms with Gasteiger partial charge in [-0.15, -0.1) is 0 Å². The Labute approximate surface area is 228 Å². The maximum atomic E-state index is 12.4. The lowest BCUT2D eigenvalue weighted by Crippen LogP contribution is -2.26. The Balaban J connectivity index is 1.46. The van der Waals surface area contributed by atoms with Crippen molar-refractivity contribution in [3.8, 4) is 22.5 Å². The summed E-state index contributed by atoms with van der Waals surface area (Å²) >= 11 is 0. The van der Waals surface area contributed by atoms with Crippen molar-refractivity contribution >= 4 is 23.3 Å². The van der Waals surface area contributed by atoms with E-state index in [9.17, 15) is 9.59 Å². The third-order valence-corrected chi connectivity index (χ3v) is 6.56. The molecule has 1 aliphatic rings. The lowest BCUT2D eigenvalue weighted by atomic mass is 10.1. The number of methoxy groups -OCH3 is 1. The highest BCUT2D eigenvalue weighted by Crippen LogP contribution is 2.28. The zero-order valence-corrected chi connectivity index (χ0v) is 22.5. The number of carbonyl (C=O) groups excluding carboxylic acids is 2. The normalized spacial score (nSPS) is 13.0. The van der Waals surface area contributed by atoms with Crippen LogP contribution in [0.5, 0.6) is 0 Å². The first-order valence-corrected chi connectivity index (χ1v) is 13.3. The van der Waals surface area contributed by atoms with Crippen LogP contribution in [0.4, 0.5) is 5.82 Å². The van der Waals surface area contributed by atoms with Crippen LogP contribution in [0.1, 0.15) is 47.4 Å². The molecular formula is C30H34N6O3. The van der Waals surface area contributed by atoms with Crippen LogP contribution in [0.25, 0.3) is 28.2 Å². The number of carbonyl (C=O) groups is 2. The summed E-state index contributed by atoms with van der Waals surface area (Å²) in [6.07, 6.45) is 5.90. The number of benzene rings is 2. The zero-order chi connectivity index (χ0) is 27.4. The van der Waals surface area contributed by atoms with Crippen molar-refractivity contribution in [3.63, 3.8) is 0 Å². The molecule has 0 radical (unpaired) electrons. The molecule has 2 aromatic heterocycles. The summed E-state index contributed by atoms with van der Waals surface area (Å²) in [5, 5.41) is 9.31. The highest BCUT2D eigenvalue weighted by atomic mass is 16.5. The van der Waals surface area contributed by atoms with E-state index in [4.69, 9.17) is 9.72 Å². The predicted molar refractivity (Wildman–Crippen MR) is 152 cm³/mol. The van der Waals surface area contributed by atoms with E-state index in [0.29, 0.717) is 42.1 Å². The predicted octanol–water partition coefficient (Wildman–Crippen LogP) is 4.40. The quantitative estimate of drug-likeness (QED) is 0.250. The Bertz CT molecular complexity index is 1460. The molecule has 39 heavy (non-hydrogen) atoms. The van der Waals surface area contributed by atoms with Crippen molar-refractivity contribution in [2.24, 2.45) is 5.92 Å². The molecule has 1 fully saturated rings. The van der Waals surface area contributed by atoms with Crippen LogP contribution >= 0.6 is 0 Å². The van der Waals surface area contributed by atoms with Gasteiger partial charge in [-0.2, -0.15) is 0 Å². The lowest BCUT2D eigenvalue weighted by Gasteiger charge is -2.13. The molecule has 1 aliphatic carbocycles. The zero-order valence-electron chi connectivity index (χ0n) is 22.5. The first-order valence-electron chi connectivity index (χ1n) is 13.3. The molecule has 9 nitrogen and oxygen atoms in total. The van der Waals surface area contributed by atoms with Gasteiger partial charge in [-0.05, 0) is 43.0 Å². The molecule has 2 heterocycles. The van der Waals surface area contributed by atoms with E-state index in [1.54, 1.807) is 19.2 Å². The van der Waals surface area contributed by atoms with E-state index in [-0.39, 0.29) is 11.8 Å². The summed E-state index contributed by atoms with van der Waals surface area (Å²) < 4.78 is 7.02. The summed E-state index contributed by atoms with van der Waals surface area (Å²) in [5.74, 6) is 0.932. The van der Waals surface area contributed by atoms with Gasteiger partial charge in [-0.25, -0.2) is 9.97 Å². The van der Waals surface area contributed by atoms with Gasteiger partial charge in [0.1, 0.15) is 0 Å². The second-order valence-electron chi connectivity index (χ2n) is 10.2. The molecule has 0 unspecified atom stereocenters. The average molecular weight is 527 g/mol. The van der Waals surface area contributed by atoms with Gasteiger partial charge in [0, 0.05) is 54.7 Å². The minimum Gasteiger partial charge on any atom is -0.383 e. The summed E-state index contributed by atoms with van der Waals surface area (Å²) in [6, 6.07) is 15.3. The largest absolute Gasteiger partial charge is 0.383 e. The molecule has 2 amide bonds. The average Bonchev–Trinajstić information content (AvgIpc) is 3.66. The SMILES string of the molecule is COCCNC(=O)c1ccc(-c2cn3c(-c4ccc(C(=O)NC5CC5)cc4)cnc3c(NCC(C)C)n2)cc1. The molecule has 0 aliphatic heterocycles. The van der Waals surface area contributed by atoms with E-state index in [1.807, 2.05) is 53.2 Å². The Morgan fingerprint density at radius 2 is 1.67 bits per heavy atom. The number of anilines is 1. The highest BCUT2D eigenvalue weighted by molar-refractivity contribution is 5.95. The summed E-state index contributed by atoms with van der Waals surface area (Å²) in [6.45, 7) is 5.95. The van der Waals surface area contributed by atoms with E-state index in [1.165, 1.54) is 0 Å². The number of ether oxygens (including phenoxy) is 1. The number of hydrogen-bond acceptors (Lipinski definition) is 6. The number of amides is 2. The van der Waals surface area contributed by atoms with Gasteiger partial charge < -0.3 is 20.7 Å². The molecule has 9 heteroatoms. The molecule has 2 aromatic carbocycles. The number of imidazole rings is 1. The van der Waals surface area contributed by atoms with Crippen molar-refractivity contribution in [2.75, 3.05) is 32.1 Å². The molecule has 202 valence electrons. The van der Waals surface area contributed by atoms with E-state index in [0.717, 1.165) is 47.5 Å². The summed E-state index contributed by atoms with van der Waals surface area (Å²) in [4.78, 5) is 34.4. The van der Waals surface area contributed by atoms with Gasteiger partial charge in [0.2, 0.25) is 0 Å². The van der Waals surface area contributed by atoms with Crippen molar-refractivity contribution in [2.45, 2.75) is 32.7 Å². The minimum atomic E-state index is -0.146. The number of hydrogen-bond donors (Lipinski definition) is 3. The number of fused-ring (bicyclic) bond motifs is 1. The van der Waals surface area contributed by atoms with Crippen LogP contribution in [0.3, 0.4) is 0 Å². The smallest absolute Gasteiger partial charge is 0.251 e. The Kier molecular flexibility index (Phi) is 7.88. The molecule has 0 bridgehead atoms. The lowest BCUT2D eigenvalue weighted by molar-refractivity contribution is 0.0933. The Morgan fingerprint density at radius 1 is 1.00 bits per heavy atom. The number of nitrogens with one attached hydrogen (secondary N) is 3. The van der Waals surface area contributed by atoms with Crippen LogP contribution < -0.4 is 16.0 Å². The molecule has 0 spiro atoms. The minimum absolute atomic E-state index is 0.0373. The van der Waals surface area contributed by atoms with Crippen LogP contribution in [0.2, 0.25) is 0 Å². The molecule has 1 saturated carbocycles. The molecule has 3 N–H and O–H groups in total. The van der Waals surface area contributed by atoms with Gasteiger partial charge in [0.05, 0.1) is 24.2 Å². The standard InChI is InChI=1S/C30H34N6O3/c1-19(2)16-32-27-28-33-17-26(21-6-10-23(11-7-21)30(38)34-24-12-13-24)36(28)18-25(35-27)20-4-8-22(9-5-20)29(37)31-14-15-39-3/h4-11,17-19,24H,12-16H2,1-3H3,(H,31,37)(H,32,35)(H,34,38). The maximum Gasteiger partial charge on any atom is 0.251 e. The molecular weight excluding hydrogens is 492 g/mol. The fraction of sp³-hybridized carbons (Fsp3) is 0.333. The molecule has 0 atom stereocenters.